The average Bonchev–Trinajstić information content (AvgIpc) is 3.03. The van der Waals surface area contributed by atoms with Crippen LogP contribution in [0.25, 0.3) is 0 Å². The Kier molecular flexibility index (Phi) is 5.47. The number of hydrogen-bond donors (Lipinski definition) is 4. The predicted octanol–water partition coefficient (Wildman–Crippen LogP) is 3.11. The maximum absolute atomic E-state index is 13.9. The Hall–Kier alpha value is -4.40. The molecule has 0 bridgehead atoms. The molecule has 5 rings (SSSR count). The fourth-order valence-corrected chi connectivity index (χ4v) is 5.34. The lowest BCUT2D eigenvalue weighted by molar-refractivity contribution is -0.124. The molecule has 2 atom stereocenters. The third-order valence-electron chi connectivity index (χ3n) is 7.44. The number of nitrogens with one attached hydrogen (secondary N) is 2. The number of aromatic hydroxyl groups is 2. The molecule has 0 aromatic heterocycles. The van der Waals surface area contributed by atoms with Gasteiger partial charge in [-0.2, -0.15) is 0 Å². The molecule has 2 aromatic rings. The standard InChI is InChI=1S/C28H26N2O7/c1-12-23(33)21(14(3)31)25-22(24(12)34)28(4)19(37-25)11-18(32)20(26(28)35)13(2)29-17-10-9-15-7-5-6-8-16(15)30-27(17)36/h5-8,11,17,29,33-34H,9-10H2,1-4H3,(H,30,36)/b20-13+/t17?,28-/m0/s1. The van der Waals surface area contributed by atoms with Crippen molar-refractivity contribution in [3.05, 3.63) is 69.6 Å². The molecule has 1 amide bonds. The Balaban J connectivity index is 1.56. The number of aryl methyl sites for hydroxylation is 1. The van der Waals surface area contributed by atoms with Crippen molar-refractivity contribution < 1.29 is 34.1 Å². The summed E-state index contributed by atoms with van der Waals surface area (Å²) in [7, 11) is 0. The van der Waals surface area contributed by atoms with Gasteiger partial charge in [-0.05, 0) is 52.2 Å². The molecular formula is C28H26N2O7. The summed E-state index contributed by atoms with van der Waals surface area (Å²) in [6, 6.07) is 6.79. The van der Waals surface area contributed by atoms with Crippen LogP contribution in [0.1, 0.15) is 54.2 Å². The van der Waals surface area contributed by atoms with Gasteiger partial charge in [0.2, 0.25) is 5.91 Å². The van der Waals surface area contributed by atoms with Crippen LogP contribution in [0, 0.1) is 6.92 Å². The summed E-state index contributed by atoms with van der Waals surface area (Å²) < 4.78 is 5.78. The number of anilines is 1. The molecule has 4 N–H and O–H groups in total. The second kappa shape index (κ2) is 8.33. The second-order valence-electron chi connectivity index (χ2n) is 9.77. The Bertz CT molecular complexity index is 1500. The molecule has 0 saturated carbocycles. The van der Waals surface area contributed by atoms with Crippen LogP contribution in [0.2, 0.25) is 0 Å². The molecule has 0 fully saturated rings. The van der Waals surface area contributed by atoms with E-state index >= 15 is 0 Å². The number of Topliss-reactive ketones (excluding diaryl/α,β-unsaturated/α-hetero) is 2. The summed E-state index contributed by atoms with van der Waals surface area (Å²) in [5, 5.41) is 27.4. The minimum absolute atomic E-state index is 0.0182. The number of hydrogen-bond acceptors (Lipinski definition) is 8. The van der Waals surface area contributed by atoms with Crippen molar-refractivity contribution in [3.8, 4) is 17.2 Å². The zero-order valence-electron chi connectivity index (χ0n) is 20.8. The monoisotopic (exact) mass is 502 g/mol. The minimum Gasteiger partial charge on any atom is -0.507 e. The number of phenolic OH excluding ortho intramolecular Hbond substituents is 2. The number of para-hydroxylation sites is 1. The first-order valence-corrected chi connectivity index (χ1v) is 11.9. The summed E-state index contributed by atoms with van der Waals surface area (Å²) in [4.78, 5) is 52.3. The maximum Gasteiger partial charge on any atom is 0.246 e. The van der Waals surface area contributed by atoms with E-state index in [0.717, 1.165) is 17.3 Å². The van der Waals surface area contributed by atoms with Crippen LogP contribution >= 0.6 is 0 Å². The van der Waals surface area contributed by atoms with E-state index in [1.165, 1.54) is 20.8 Å². The number of benzene rings is 2. The highest BCUT2D eigenvalue weighted by molar-refractivity contribution is 6.31. The number of allylic oxidation sites excluding steroid dienone is 4. The van der Waals surface area contributed by atoms with Crippen molar-refractivity contribution in [2.75, 3.05) is 5.32 Å². The first-order chi connectivity index (χ1) is 17.5. The van der Waals surface area contributed by atoms with Gasteiger partial charge in [0, 0.05) is 23.0 Å². The van der Waals surface area contributed by atoms with Crippen LogP contribution in [0.5, 0.6) is 17.2 Å². The van der Waals surface area contributed by atoms with E-state index in [9.17, 15) is 29.4 Å². The lowest BCUT2D eigenvalue weighted by atomic mass is 9.70. The topological polar surface area (TPSA) is 142 Å². The van der Waals surface area contributed by atoms with Crippen LogP contribution in [0.3, 0.4) is 0 Å². The lowest BCUT2D eigenvalue weighted by Crippen LogP contribution is -2.44. The maximum atomic E-state index is 13.9. The predicted molar refractivity (Wildman–Crippen MR) is 134 cm³/mol. The zero-order valence-corrected chi connectivity index (χ0v) is 20.8. The van der Waals surface area contributed by atoms with Crippen molar-refractivity contribution in [1.29, 1.82) is 0 Å². The van der Waals surface area contributed by atoms with Crippen molar-refractivity contribution in [2.45, 2.75) is 52.0 Å². The number of phenols is 2. The Labute approximate surface area is 212 Å². The number of ether oxygens (including phenoxy) is 1. The molecule has 0 radical (unpaired) electrons. The van der Waals surface area contributed by atoms with E-state index in [2.05, 4.69) is 10.6 Å². The molecule has 0 spiro atoms. The smallest absolute Gasteiger partial charge is 0.246 e. The molecule has 2 aliphatic heterocycles. The molecule has 2 aromatic carbocycles. The van der Waals surface area contributed by atoms with Gasteiger partial charge in [0.15, 0.2) is 17.3 Å². The number of amides is 1. The molecule has 2 heterocycles. The van der Waals surface area contributed by atoms with E-state index < -0.39 is 40.3 Å². The van der Waals surface area contributed by atoms with Gasteiger partial charge < -0.3 is 25.6 Å². The van der Waals surface area contributed by atoms with Gasteiger partial charge in [0.25, 0.3) is 0 Å². The first-order valence-electron chi connectivity index (χ1n) is 11.9. The van der Waals surface area contributed by atoms with Crippen molar-refractivity contribution >= 4 is 28.9 Å². The van der Waals surface area contributed by atoms with Gasteiger partial charge in [-0.1, -0.05) is 18.2 Å². The van der Waals surface area contributed by atoms with E-state index in [1.54, 1.807) is 6.92 Å². The van der Waals surface area contributed by atoms with Crippen LogP contribution in [-0.2, 0) is 26.2 Å². The molecule has 9 nitrogen and oxygen atoms in total. The van der Waals surface area contributed by atoms with Gasteiger partial charge in [-0.3, -0.25) is 19.2 Å². The molecule has 3 aliphatic rings. The van der Waals surface area contributed by atoms with Crippen LogP contribution in [-0.4, -0.2) is 39.5 Å². The number of ketones is 3. The largest absolute Gasteiger partial charge is 0.507 e. The van der Waals surface area contributed by atoms with Gasteiger partial charge in [0.1, 0.15) is 40.0 Å². The number of carbonyl (C=O) groups is 4. The Morgan fingerprint density at radius 1 is 1.14 bits per heavy atom. The van der Waals surface area contributed by atoms with Gasteiger partial charge in [0.05, 0.1) is 11.1 Å². The number of rotatable bonds is 3. The third-order valence-corrected chi connectivity index (χ3v) is 7.44. The van der Waals surface area contributed by atoms with E-state index in [4.69, 9.17) is 4.74 Å². The highest BCUT2D eigenvalue weighted by atomic mass is 16.5. The van der Waals surface area contributed by atoms with Crippen LogP contribution in [0.4, 0.5) is 5.69 Å². The number of fused-ring (bicyclic) bond motifs is 4. The summed E-state index contributed by atoms with van der Waals surface area (Å²) >= 11 is 0. The van der Waals surface area contributed by atoms with E-state index in [1.807, 2.05) is 24.3 Å². The molecule has 9 heteroatoms. The summed E-state index contributed by atoms with van der Waals surface area (Å²) in [5.41, 5.74) is 0.0137. The summed E-state index contributed by atoms with van der Waals surface area (Å²) in [6.07, 6.45) is 2.21. The molecule has 37 heavy (non-hydrogen) atoms. The summed E-state index contributed by atoms with van der Waals surface area (Å²) in [6.45, 7) is 5.71. The molecular weight excluding hydrogens is 476 g/mol. The zero-order chi connectivity index (χ0) is 26.8. The van der Waals surface area contributed by atoms with Gasteiger partial charge in [-0.25, -0.2) is 0 Å². The second-order valence-corrected chi connectivity index (χ2v) is 9.77. The Morgan fingerprint density at radius 2 is 1.84 bits per heavy atom. The molecule has 0 saturated heterocycles. The highest BCUT2D eigenvalue weighted by Crippen LogP contribution is 2.57. The van der Waals surface area contributed by atoms with E-state index in [0.29, 0.717) is 12.8 Å². The fourth-order valence-electron chi connectivity index (χ4n) is 5.34. The first kappa shape index (κ1) is 24.3. The van der Waals surface area contributed by atoms with Crippen LogP contribution < -0.4 is 15.4 Å². The van der Waals surface area contributed by atoms with Crippen molar-refractivity contribution in [2.24, 2.45) is 0 Å². The molecule has 190 valence electrons. The summed E-state index contributed by atoms with van der Waals surface area (Å²) in [5.74, 6) is -3.10. The van der Waals surface area contributed by atoms with Gasteiger partial charge >= 0.3 is 0 Å². The third kappa shape index (κ3) is 3.45. The van der Waals surface area contributed by atoms with E-state index in [-0.39, 0.29) is 45.4 Å². The lowest BCUT2D eigenvalue weighted by Gasteiger charge is -2.29. The molecule has 1 unspecified atom stereocenters. The quantitative estimate of drug-likeness (QED) is 0.285. The SMILES string of the molecule is CC(=O)c1c(O)c(C)c(O)c2c1OC1=CC(=O)/C(=C(/C)NC3CCc4ccccc4NC3=O)C(=O)[C@@]12C. The van der Waals surface area contributed by atoms with Crippen LogP contribution in [0.15, 0.2) is 47.4 Å². The molecule has 1 aliphatic carbocycles. The van der Waals surface area contributed by atoms with Crippen molar-refractivity contribution in [1.82, 2.24) is 5.32 Å². The number of carbonyl (C=O) groups excluding carboxylic acids is 4. The van der Waals surface area contributed by atoms with Gasteiger partial charge in [-0.15, -0.1) is 0 Å². The minimum atomic E-state index is -1.61. The fraction of sp³-hybridized carbons (Fsp3) is 0.286. The normalized spacial score (nSPS) is 23.6. The average molecular weight is 503 g/mol. The van der Waals surface area contributed by atoms with Crippen molar-refractivity contribution in [3.63, 3.8) is 0 Å². The highest BCUT2D eigenvalue weighted by Gasteiger charge is 2.56. The Morgan fingerprint density at radius 3 is 2.54 bits per heavy atom.